The van der Waals surface area contributed by atoms with Crippen molar-refractivity contribution in [3.63, 3.8) is 0 Å². The third-order valence-corrected chi connectivity index (χ3v) is 3.90. The lowest BCUT2D eigenvalue weighted by molar-refractivity contribution is -0.0371. The van der Waals surface area contributed by atoms with Gasteiger partial charge in [-0.3, -0.25) is 4.79 Å². The lowest BCUT2D eigenvalue weighted by Crippen LogP contribution is -2.51. The second-order valence-corrected chi connectivity index (χ2v) is 5.29. The molecule has 2 unspecified atom stereocenters. The average molecular weight is 298 g/mol. The van der Waals surface area contributed by atoms with E-state index in [0.29, 0.717) is 36.1 Å². The molecule has 1 aromatic carbocycles. The zero-order valence-corrected chi connectivity index (χ0v) is 11.9. The first kappa shape index (κ1) is 13.5. The van der Waals surface area contributed by atoms with Crippen LogP contribution < -0.4 is 9.47 Å². The molecule has 6 heteroatoms. The summed E-state index contributed by atoms with van der Waals surface area (Å²) >= 11 is 5.82. The lowest BCUT2D eigenvalue weighted by Gasteiger charge is -2.37. The molecule has 0 aromatic heterocycles. The zero-order valence-electron chi connectivity index (χ0n) is 11.2. The minimum atomic E-state index is -0.106. The number of amides is 1. The average Bonchev–Trinajstić information content (AvgIpc) is 2.94. The van der Waals surface area contributed by atoms with Crippen LogP contribution in [0.15, 0.2) is 18.2 Å². The van der Waals surface area contributed by atoms with Gasteiger partial charge in [0.2, 0.25) is 6.79 Å². The smallest absolute Gasteiger partial charge is 0.254 e. The van der Waals surface area contributed by atoms with Gasteiger partial charge in [0.1, 0.15) is 0 Å². The van der Waals surface area contributed by atoms with E-state index in [2.05, 4.69) is 0 Å². The van der Waals surface area contributed by atoms with Gasteiger partial charge in [-0.15, -0.1) is 11.6 Å². The summed E-state index contributed by atoms with van der Waals surface area (Å²) < 4.78 is 16.1. The molecule has 5 nitrogen and oxygen atoms in total. The Hall–Kier alpha value is -1.46. The molecule has 0 bridgehead atoms. The van der Waals surface area contributed by atoms with E-state index in [1.54, 1.807) is 23.1 Å². The largest absolute Gasteiger partial charge is 0.454 e. The van der Waals surface area contributed by atoms with Crippen LogP contribution in [-0.2, 0) is 4.74 Å². The molecular weight excluding hydrogens is 282 g/mol. The Kier molecular flexibility index (Phi) is 3.72. The number of hydrogen-bond acceptors (Lipinski definition) is 4. The number of carbonyl (C=O) groups excluding carboxylic acids is 1. The van der Waals surface area contributed by atoms with Crippen LogP contribution in [0.25, 0.3) is 0 Å². The third kappa shape index (κ3) is 2.43. The van der Waals surface area contributed by atoms with E-state index in [-0.39, 0.29) is 24.8 Å². The van der Waals surface area contributed by atoms with Crippen LogP contribution in [0.4, 0.5) is 0 Å². The first-order valence-corrected chi connectivity index (χ1v) is 7.10. The van der Waals surface area contributed by atoms with Gasteiger partial charge >= 0.3 is 0 Å². The molecule has 2 heterocycles. The number of morpholine rings is 1. The van der Waals surface area contributed by atoms with Crippen molar-refractivity contribution in [2.45, 2.75) is 19.1 Å². The standard InChI is InChI=1S/C14H16ClNO4/c1-9-7-18-11(5-15)6-16(9)14(17)10-2-3-12-13(4-10)20-8-19-12/h2-4,9,11H,5-8H2,1H3. The summed E-state index contributed by atoms with van der Waals surface area (Å²) in [6, 6.07) is 5.28. The Morgan fingerprint density at radius 3 is 3.00 bits per heavy atom. The molecule has 3 rings (SSSR count). The molecule has 1 saturated heterocycles. The van der Waals surface area contributed by atoms with Crippen LogP contribution in [-0.4, -0.2) is 48.8 Å². The van der Waals surface area contributed by atoms with Crippen molar-refractivity contribution in [2.24, 2.45) is 0 Å². The second kappa shape index (κ2) is 5.50. The number of ether oxygens (including phenoxy) is 3. The summed E-state index contributed by atoms with van der Waals surface area (Å²) in [4.78, 5) is 14.4. The molecule has 0 N–H and O–H groups in total. The van der Waals surface area contributed by atoms with Crippen molar-refractivity contribution >= 4 is 17.5 Å². The molecule has 2 aliphatic rings. The molecule has 0 radical (unpaired) electrons. The summed E-state index contributed by atoms with van der Waals surface area (Å²) in [5.41, 5.74) is 0.594. The summed E-state index contributed by atoms with van der Waals surface area (Å²) in [5, 5.41) is 0. The molecule has 0 spiro atoms. The molecule has 2 atom stereocenters. The Balaban J connectivity index is 1.80. The van der Waals surface area contributed by atoms with E-state index in [4.69, 9.17) is 25.8 Å². The molecular formula is C14H16ClNO4. The van der Waals surface area contributed by atoms with E-state index < -0.39 is 0 Å². The second-order valence-electron chi connectivity index (χ2n) is 4.98. The van der Waals surface area contributed by atoms with Gasteiger partial charge in [-0.05, 0) is 25.1 Å². The van der Waals surface area contributed by atoms with Gasteiger partial charge in [-0.1, -0.05) is 0 Å². The Morgan fingerprint density at radius 2 is 2.20 bits per heavy atom. The summed E-state index contributed by atoms with van der Waals surface area (Å²) in [7, 11) is 0. The van der Waals surface area contributed by atoms with E-state index in [1.807, 2.05) is 6.92 Å². The number of fused-ring (bicyclic) bond motifs is 1. The minimum Gasteiger partial charge on any atom is -0.454 e. The summed E-state index contributed by atoms with van der Waals surface area (Å²) in [6.07, 6.45) is -0.106. The van der Waals surface area contributed by atoms with Crippen LogP contribution >= 0.6 is 11.6 Å². The highest BCUT2D eigenvalue weighted by Crippen LogP contribution is 2.33. The molecule has 1 amide bonds. The highest BCUT2D eigenvalue weighted by Gasteiger charge is 2.30. The van der Waals surface area contributed by atoms with Crippen LogP contribution in [0.3, 0.4) is 0 Å². The highest BCUT2D eigenvalue weighted by atomic mass is 35.5. The molecule has 0 saturated carbocycles. The van der Waals surface area contributed by atoms with Gasteiger partial charge in [0, 0.05) is 12.1 Å². The fraction of sp³-hybridized carbons (Fsp3) is 0.500. The number of alkyl halides is 1. The first-order valence-electron chi connectivity index (χ1n) is 6.57. The van der Waals surface area contributed by atoms with Gasteiger partial charge in [0.05, 0.1) is 24.6 Å². The molecule has 1 aromatic rings. The summed E-state index contributed by atoms with van der Waals surface area (Å²) in [6.45, 7) is 3.19. The van der Waals surface area contributed by atoms with Crippen molar-refractivity contribution in [1.82, 2.24) is 4.90 Å². The van der Waals surface area contributed by atoms with Gasteiger partial charge in [-0.2, -0.15) is 0 Å². The Morgan fingerprint density at radius 1 is 1.40 bits per heavy atom. The highest BCUT2D eigenvalue weighted by molar-refractivity contribution is 6.18. The SMILES string of the molecule is CC1COC(CCl)CN1C(=O)c1ccc2c(c1)OCO2. The third-order valence-electron chi connectivity index (χ3n) is 3.56. The molecule has 1 fully saturated rings. The van der Waals surface area contributed by atoms with E-state index >= 15 is 0 Å². The molecule has 0 aliphatic carbocycles. The number of benzene rings is 1. The molecule has 2 aliphatic heterocycles. The van der Waals surface area contributed by atoms with Crippen LogP contribution in [0, 0.1) is 0 Å². The number of carbonyl (C=O) groups is 1. The maximum absolute atomic E-state index is 12.6. The molecule has 108 valence electrons. The monoisotopic (exact) mass is 297 g/mol. The van der Waals surface area contributed by atoms with Gasteiger partial charge in [0.15, 0.2) is 11.5 Å². The van der Waals surface area contributed by atoms with Crippen LogP contribution in [0.1, 0.15) is 17.3 Å². The first-order chi connectivity index (χ1) is 9.69. The number of hydrogen-bond donors (Lipinski definition) is 0. The van der Waals surface area contributed by atoms with Gasteiger partial charge in [0.25, 0.3) is 5.91 Å². The predicted octanol–water partition coefficient (Wildman–Crippen LogP) is 1.88. The quantitative estimate of drug-likeness (QED) is 0.782. The normalized spacial score (nSPS) is 24.8. The van der Waals surface area contributed by atoms with Crippen molar-refractivity contribution < 1.29 is 19.0 Å². The van der Waals surface area contributed by atoms with Crippen molar-refractivity contribution in [3.05, 3.63) is 23.8 Å². The van der Waals surface area contributed by atoms with Crippen molar-refractivity contribution in [3.8, 4) is 11.5 Å². The van der Waals surface area contributed by atoms with Crippen molar-refractivity contribution in [2.75, 3.05) is 25.8 Å². The lowest BCUT2D eigenvalue weighted by atomic mass is 10.1. The number of rotatable bonds is 2. The van der Waals surface area contributed by atoms with Crippen molar-refractivity contribution in [1.29, 1.82) is 0 Å². The maximum Gasteiger partial charge on any atom is 0.254 e. The fourth-order valence-corrected chi connectivity index (χ4v) is 2.58. The van der Waals surface area contributed by atoms with Gasteiger partial charge < -0.3 is 19.1 Å². The summed E-state index contributed by atoms with van der Waals surface area (Å²) in [5.74, 6) is 1.65. The number of nitrogens with zero attached hydrogens (tertiary/aromatic N) is 1. The minimum absolute atomic E-state index is 0.0331. The molecule has 20 heavy (non-hydrogen) atoms. The Labute approximate surface area is 122 Å². The number of halogens is 1. The van der Waals surface area contributed by atoms with Gasteiger partial charge in [-0.25, -0.2) is 0 Å². The zero-order chi connectivity index (χ0) is 14.1. The Bertz CT molecular complexity index is 522. The van der Waals surface area contributed by atoms with E-state index in [0.717, 1.165) is 0 Å². The topological polar surface area (TPSA) is 48.0 Å². The van der Waals surface area contributed by atoms with E-state index in [9.17, 15) is 4.79 Å². The fourth-order valence-electron chi connectivity index (χ4n) is 2.39. The van der Waals surface area contributed by atoms with Crippen LogP contribution in [0.2, 0.25) is 0 Å². The maximum atomic E-state index is 12.6. The predicted molar refractivity (Wildman–Crippen MR) is 73.5 cm³/mol. The van der Waals surface area contributed by atoms with Crippen LogP contribution in [0.5, 0.6) is 11.5 Å². The van der Waals surface area contributed by atoms with E-state index in [1.165, 1.54) is 0 Å².